The summed E-state index contributed by atoms with van der Waals surface area (Å²) in [6, 6.07) is 7.24. The quantitative estimate of drug-likeness (QED) is 0.0137. The fourth-order valence-electron chi connectivity index (χ4n) is 11.0. The number of amides is 8. The van der Waals surface area contributed by atoms with Gasteiger partial charge in [0.2, 0.25) is 24.1 Å². The summed E-state index contributed by atoms with van der Waals surface area (Å²) in [5.41, 5.74) is -7.34. The first kappa shape index (κ1) is 85.7. The highest BCUT2D eigenvalue weighted by Crippen LogP contribution is 2.48. The second-order valence-electron chi connectivity index (χ2n) is 25.6. The van der Waals surface area contributed by atoms with Crippen LogP contribution in [0.3, 0.4) is 0 Å². The zero-order chi connectivity index (χ0) is 77.6. The molecule has 1 saturated carbocycles. The van der Waals surface area contributed by atoms with Crippen molar-refractivity contribution in [2.24, 2.45) is 17.8 Å². The number of aliphatic hydroxyl groups excluding tert-OH is 5. The minimum Gasteiger partial charge on any atom is -0.463 e. The Morgan fingerprint density at radius 2 is 1.01 bits per heavy atom. The molecule has 0 bridgehead atoms. The summed E-state index contributed by atoms with van der Waals surface area (Å²) in [5, 5.41) is 55.3. The number of ketones is 1. The summed E-state index contributed by atoms with van der Waals surface area (Å²) in [5.74, 6) is -9.32. The van der Waals surface area contributed by atoms with E-state index in [1.165, 1.54) is 6.92 Å². The van der Waals surface area contributed by atoms with Gasteiger partial charge < -0.3 is 49.2 Å². The molecule has 8 amide bonds. The van der Waals surface area contributed by atoms with Crippen molar-refractivity contribution in [3.8, 4) is 0 Å². The van der Waals surface area contributed by atoms with Gasteiger partial charge in [0, 0.05) is 63.3 Å². The first-order chi connectivity index (χ1) is 49.9. The first-order valence-electron chi connectivity index (χ1n) is 34.8. The van der Waals surface area contributed by atoms with E-state index in [0.29, 0.717) is 62.4 Å². The van der Waals surface area contributed by atoms with E-state index in [9.17, 15) is 112 Å². The van der Waals surface area contributed by atoms with Crippen LogP contribution < -0.4 is 39.5 Å². The van der Waals surface area contributed by atoms with E-state index in [2.05, 4.69) is 5.32 Å². The van der Waals surface area contributed by atoms with E-state index in [0.717, 1.165) is 18.4 Å². The molecule has 580 valence electrons. The van der Waals surface area contributed by atoms with Crippen LogP contribution in [0, 0.1) is 17.8 Å². The predicted octanol–water partition coefficient (Wildman–Crippen LogP) is -2.18. The van der Waals surface area contributed by atoms with Crippen molar-refractivity contribution in [2.45, 2.75) is 206 Å². The summed E-state index contributed by atoms with van der Waals surface area (Å²) in [6.45, 7) is -3.58. The number of aliphatic hydroxyl groups is 5. The Balaban J connectivity index is 1.25. The molecular formula is C67H94N10O28. The molecule has 7 N–H and O–H groups in total. The highest BCUT2D eigenvalue weighted by Gasteiger charge is 2.43. The number of H-pyrrole nitrogens is 1. The van der Waals surface area contributed by atoms with Crippen molar-refractivity contribution in [3.63, 3.8) is 0 Å². The van der Waals surface area contributed by atoms with Gasteiger partial charge in [-0.05, 0) is 50.0 Å². The summed E-state index contributed by atoms with van der Waals surface area (Å²) in [7, 11) is 0. The number of hydrogen-bond donors (Lipinski definition) is 7. The van der Waals surface area contributed by atoms with Gasteiger partial charge in [-0.2, -0.15) is 0 Å². The molecule has 0 spiro atoms. The lowest BCUT2D eigenvalue weighted by Gasteiger charge is -2.27. The maximum atomic E-state index is 14.1. The molecule has 38 nitrogen and oxygen atoms in total. The Hall–Kier alpha value is -9.92. The first-order valence-corrected chi connectivity index (χ1v) is 34.8. The topological polar surface area (TPSA) is 517 Å². The number of aromatic amines is 1. The monoisotopic (exact) mass is 1490 g/mol. The molecule has 1 aromatic carbocycles. The van der Waals surface area contributed by atoms with Crippen molar-refractivity contribution < 1.29 is 107 Å². The number of rotatable bonds is 46. The van der Waals surface area contributed by atoms with Crippen LogP contribution in [0.25, 0.3) is 0 Å². The second-order valence-corrected chi connectivity index (χ2v) is 25.6. The number of hydrogen-bond acceptors (Lipinski definition) is 28. The van der Waals surface area contributed by atoms with E-state index in [4.69, 9.17) is 23.7 Å². The molecule has 9 unspecified atom stereocenters. The average Bonchev–Trinajstić information content (AvgIpc) is 1.78. The summed E-state index contributed by atoms with van der Waals surface area (Å²) < 4.78 is 26.8. The number of unbranched alkanes of at least 4 members (excludes halogenated alkanes) is 2. The van der Waals surface area contributed by atoms with E-state index in [-0.39, 0.29) is 76.6 Å². The zero-order valence-corrected chi connectivity index (χ0v) is 59.1. The molecule has 3 aromatic rings. The normalized spacial score (nSPS) is 16.6. The number of carbonyl (C=O) groups is 12. The third-order valence-electron chi connectivity index (χ3n) is 17.2. The van der Waals surface area contributed by atoms with Crippen molar-refractivity contribution in [3.05, 3.63) is 98.8 Å². The van der Waals surface area contributed by atoms with Gasteiger partial charge in [-0.1, -0.05) is 83.7 Å². The molecule has 38 heteroatoms. The maximum Gasteiger partial charge on any atom is 0.336 e. The van der Waals surface area contributed by atoms with Gasteiger partial charge in [0.05, 0.1) is 63.9 Å². The largest absolute Gasteiger partial charge is 0.463 e. The van der Waals surface area contributed by atoms with Crippen LogP contribution in [0.5, 0.6) is 0 Å². The SMILES string of the molecule is CCCCC(O)COC(=O)CCN(C(=O)C(C)CC)C(=O)N(C=O)CCC(=O)OCC(O)Cn1c(=O)n(CC(O)COC(=O)CCN2C(=O)NC(=O)CC(CCCCC(=O)C3CC3c3ccccc3)C2=O)c(=O)n(CC(O)COC(=O)CCn2c(=O)[nH]c(=O)n(CCC(=O)OCC(O)CCC)c2=O)c1=O. The van der Waals surface area contributed by atoms with Crippen molar-refractivity contribution in [2.75, 3.05) is 52.7 Å². The Morgan fingerprint density at radius 3 is 1.49 bits per heavy atom. The van der Waals surface area contributed by atoms with Gasteiger partial charge in [-0.15, -0.1) is 0 Å². The average molecular weight is 1490 g/mol. The molecule has 3 heterocycles. The highest BCUT2D eigenvalue weighted by molar-refractivity contribution is 6.07. The number of ether oxygens (including phenoxy) is 5. The molecule has 0 radical (unpaired) electrons. The summed E-state index contributed by atoms with van der Waals surface area (Å²) in [4.78, 5) is 239. The molecule has 9 atom stereocenters. The fourth-order valence-corrected chi connectivity index (χ4v) is 11.0. The van der Waals surface area contributed by atoms with E-state index in [1.54, 1.807) is 13.8 Å². The molecule has 5 rings (SSSR count). The molecule has 1 aliphatic heterocycles. The molecular weight excluding hydrogens is 1390 g/mol. The predicted molar refractivity (Wildman–Crippen MR) is 361 cm³/mol. The van der Waals surface area contributed by atoms with E-state index in [1.807, 2.05) is 42.2 Å². The van der Waals surface area contributed by atoms with Crippen LogP contribution >= 0.6 is 0 Å². The number of carbonyl (C=O) groups excluding carboxylic acids is 12. The highest BCUT2D eigenvalue weighted by atomic mass is 16.6. The van der Waals surface area contributed by atoms with Crippen LogP contribution in [-0.4, -0.2) is 223 Å². The lowest BCUT2D eigenvalue weighted by Crippen LogP contribution is -2.57. The van der Waals surface area contributed by atoms with Crippen LogP contribution in [0.4, 0.5) is 9.59 Å². The number of urea groups is 2. The van der Waals surface area contributed by atoms with Crippen molar-refractivity contribution in [1.82, 2.24) is 47.8 Å². The number of nitrogens with one attached hydrogen (secondary N) is 2. The molecule has 1 aliphatic carbocycles. The molecule has 105 heavy (non-hydrogen) atoms. The minimum absolute atomic E-state index is 0.000447. The molecule has 2 aliphatic rings. The molecule has 2 fully saturated rings. The standard InChI is InChI=1S/C67H94N10O28/c1-5-8-18-45(80)36-102-55(88)22-27-72(58(91)41(4)7-3)63(96)70(40-78)25-20-53(86)103-37-46(81)32-75-65(98)76(67(100)77(66(75)99)34-48(83)39-105-57(90)24-29-74-62(95)69-61(94)73(64(74)97)28-23-56(89)101-35-44(79)14-6-2)33-47(82)38-104-54(87)21-26-71-59(92)43(30-52(85)68-60(71)93)17-12-13-19-51(84)50-31-49(50)42-15-10-9-11-16-42/h9-11,15-16,40-41,43-50,79-83H,5-8,12-14,17-39H2,1-4H3,(H,68,85,93)(H,69,94,95). The van der Waals surface area contributed by atoms with Crippen LogP contribution in [-0.2, 0) is 104 Å². The van der Waals surface area contributed by atoms with Gasteiger partial charge in [-0.25, -0.2) is 61.2 Å². The molecule has 2 aromatic heterocycles. The number of imide groups is 4. The van der Waals surface area contributed by atoms with Gasteiger partial charge in [0.15, 0.2) is 0 Å². The van der Waals surface area contributed by atoms with Gasteiger partial charge in [0.25, 0.3) is 0 Å². The van der Waals surface area contributed by atoms with E-state index < -0.39 is 240 Å². The van der Waals surface area contributed by atoms with Gasteiger partial charge >= 0.3 is 76.0 Å². The fraction of sp³-hybridized carbons (Fsp3) is 0.642. The number of aromatic nitrogens is 6. The maximum absolute atomic E-state index is 14.1. The third-order valence-corrected chi connectivity index (χ3v) is 17.2. The number of esters is 5. The Kier molecular flexibility index (Phi) is 34.9. The third kappa shape index (κ3) is 26.9. The minimum atomic E-state index is -2.02. The Labute approximate surface area is 599 Å². The van der Waals surface area contributed by atoms with Crippen molar-refractivity contribution in [1.29, 1.82) is 0 Å². The van der Waals surface area contributed by atoms with Gasteiger partial charge in [-0.3, -0.25) is 72.9 Å². The lowest BCUT2D eigenvalue weighted by atomic mass is 9.95. The molecule has 1 saturated heterocycles. The summed E-state index contributed by atoms with van der Waals surface area (Å²) >= 11 is 0. The zero-order valence-electron chi connectivity index (χ0n) is 59.1. The van der Waals surface area contributed by atoms with Crippen LogP contribution in [0.2, 0.25) is 0 Å². The smallest absolute Gasteiger partial charge is 0.336 e. The van der Waals surface area contributed by atoms with E-state index >= 15 is 0 Å². The lowest BCUT2D eigenvalue weighted by molar-refractivity contribution is -0.148. The number of nitrogens with zero attached hydrogens (tertiary/aromatic N) is 8. The van der Waals surface area contributed by atoms with Crippen molar-refractivity contribution >= 4 is 71.8 Å². The van der Waals surface area contributed by atoms with Gasteiger partial charge in [0.1, 0.15) is 57.1 Å². The Bertz CT molecular complexity index is 3920. The summed E-state index contributed by atoms with van der Waals surface area (Å²) in [6.07, 6.45) is -6.83. The van der Waals surface area contributed by atoms with Crippen LogP contribution in [0.15, 0.2) is 59.1 Å². The second kappa shape index (κ2) is 42.8. The van der Waals surface area contributed by atoms with Crippen LogP contribution in [0.1, 0.15) is 148 Å². The number of Topliss-reactive ketones (excluding diaryl/α,β-unsaturated/α-hetero) is 1. The Morgan fingerprint density at radius 1 is 0.552 bits per heavy atom. The number of benzene rings is 1.